The summed E-state index contributed by atoms with van der Waals surface area (Å²) in [5.74, 6) is 0.663. The molecule has 100 valence electrons. The zero-order valence-corrected chi connectivity index (χ0v) is 11.2. The van der Waals surface area contributed by atoms with E-state index in [-0.39, 0.29) is 5.75 Å². The third-order valence-corrected chi connectivity index (χ3v) is 3.02. The second kappa shape index (κ2) is 6.20. The van der Waals surface area contributed by atoms with Crippen LogP contribution >= 0.6 is 0 Å². The van der Waals surface area contributed by atoms with Crippen molar-refractivity contribution in [3.05, 3.63) is 53.3 Å². The molecule has 0 spiro atoms. The fraction of sp³-hybridized carbons (Fsp3) is 0.267. The van der Waals surface area contributed by atoms with Crippen molar-refractivity contribution >= 4 is 0 Å². The van der Waals surface area contributed by atoms with Gasteiger partial charge in [0.15, 0.2) is 11.5 Å². The van der Waals surface area contributed by atoms with Crippen molar-refractivity contribution in [2.75, 3.05) is 7.11 Å². The highest BCUT2D eigenvalue weighted by atomic mass is 16.5. The standard InChI is InChI=1S/C15H18N2O2/c1-11-8-16-6-5-13(11)10-17-9-12-3-4-15(19-2)14(18)7-12/h3-8,17-18H,9-10H2,1-2H3. The van der Waals surface area contributed by atoms with Crippen molar-refractivity contribution < 1.29 is 9.84 Å². The van der Waals surface area contributed by atoms with Crippen molar-refractivity contribution in [1.29, 1.82) is 0 Å². The van der Waals surface area contributed by atoms with Crippen molar-refractivity contribution in [3.63, 3.8) is 0 Å². The van der Waals surface area contributed by atoms with Crippen molar-refractivity contribution in [1.82, 2.24) is 10.3 Å². The fourth-order valence-electron chi connectivity index (χ4n) is 1.89. The topological polar surface area (TPSA) is 54.4 Å². The van der Waals surface area contributed by atoms with Crippen LogP contribution in [0.4, 0.5) is 0 Å². The van der Waals surface area contributed by atoms with E-state index in [1.807, 2.05) is 25.3 Å². The number of aromatic nitrogens is 1. The van der Waals surface area contributed by atoms with Crippen molar-refractivity contribution in [2.24, 2.45) is 0 Å². The van der Waals surface area contributed by atoms with Crippen LogP contribution in [0.3, 0.4) is 0 Å². The number of methoxy groups -OCH3 is 1. The second-order valence-corrected chi connectivity index (χ2v) is 4.41. The van der Waals surface area contributed by atoms with E-state index in [0.717, 1.165) is 12.1 Å². The smallest absolute Gasteiger partial charge is 0.160 e. The van der Waals surface area contributed by atoms with Crippen molar-refractivity contribution in [2.45, 2.75) is 20.0 Å². The highest BCUT2D eigenvalue weighted by Gasteiger charge is 2.02. The van der Waals surface area contributed by atoms with Gasteiger partial charge in [-0.05, 0) is 41.8 Å². The molecule has 4 heteroatoms. The molecule has 19 heavy (non-hydrogen) atoms. The summed E-state index contributed by atoms with van der Waals surface area (Å²) < 4.78 is 5.01. The first-order valence-corrected chi connectivity index (χ1v) is 6.17. The van der Waals surface area contributed by atoms with E-state index in [1.165, 1.54) is 11.1 Å². The van der Waals surface area contributed by atoms with Crippen LogP contribution in [0, 0.1) is 6.92 Å². The molecule has 1 heterocycles. The van der Waals surface area contributed by atoms with Crippen LogP contribution in [0.5, 0.6) is 11.5 Å². The van der Waals surface area contributed by atoms with E-state index >= 15 is 0 Å². The van der Waals surface area contributed by atoms with Crippen LogP contribution in [0.2, 0.25) is 0 Å². The Kier molecular flexibility index (Phi) is 4.36. The van der Waals surface area contributed by atoms with Gasteiger partial charge in [0, 0.05) is 25.5 Å². The first-order chi connectivity index (χ1) is 9.20. The summed E-state index contributed by atoms with van der Waals surface area (Å²) in [5, 5.41) is 13.0. The predicted molar refractivity (Wildman–Crippen MR) is 74.2 cm³/mol. The normalized spacial score (nSPS) is 10.4. The van der Waals surface area contributed by atoms with Gasteiger partial charge >= 0.3 is 0 Å². The van der Waals surface area contributed by atoms with Crippen LogP contribution < -0.4 is 10.1 Å². The summed E-state index contributed by atoms with van der Waals surface area (Å²) in [4.78, 5) is 4.07. The molecule has 1 aromatic heterocycles. The summed E-state index contributed by atoms with van der Waals surface area (Å²) in [6.45, 7) is 3.52. The van der Waals surface area contributed by atoms with E-state index < -0.39 is 0 Å². The van der Waals surface area contributed by atoms with Gasteiger partial charge in [-0.2, -0.15) is 0 Å². The number of phenols is 1. The average molecular weight is 258 g/mol. The number of aryl methyl sites for hydroxylation is 1. The molecule has 0 aliphatic carbocycles. The maximum Gasteiger partial charge on any atom is 0.160 e. The number of phenolic OH excluding ortho intramolecular Hbond substituents is 1. The Morgan fingerprint density at radius 2 is 2.11 bits per heavy atom. The minimum absolute atomic E-state index is 0.168. The molecule has 0 saturated carbocycles. The summed E-state index contributed by atoms with van der Waals surface area (Å²) >= 11 is 0. The summed E-state index contributed by atoms with van der Waals surface area (Å²) in [5.41, 5.74) is 3.42. The number of nitrogens with one attached hydrogen (secondary N) is 1. The quantitative estimate of drug-likeness (QED) is 0.864. The molecule has 0 amide bonds. The number of hydrogen-bond acceptors (Lipinski definition) is 4. The second-order valence-electron chi connectivity index (χ2n) is 4.41. The van der Waals surface area contributed by atoms with Crippen molar-refractivity contribution in [3.8, 4) is 11.5 Å². The monoisotopic (exact) mass is 258 g/mol. The van der Waals surface area contributed by atoms with Gasteiger partial charge in [0.2, 0.25) is 0 Å². The molecule has 0 fully saturated rings. The number of rotatable bonds is 5. The van der Waals surface area contributed by atoms with Crippen LogP contribution in [0.15, 0.2) is 36.7 Å². The molecule has 0 atom stereocenters. The maximum absolute atomic E-state index is 9.69. The minimum atomic E-state index is 0.168. The first kappa shape index (κ1) is 13.4. The number of benzene rings is 1. The molecule has 0 saturated heterocycles. The Morgan fingerprint density at radius 3 is 2.79 bits per heavy atom. The van der Waals surface area contributed by atoms with Gasteiger partial charge in [-0.25, -0.2) is 0 Å². The maximum atomic E-state index is 9.69. The third kappa shape index (κ3) is 3.45. The predicted octanol–water partition coefficient (Wildman–Crippen LogP) is 2.39. The van der Waals surface area contributed by atoms with E-state index in [9.17, 15) is 5.11 Å². The lowest BCUT2D eigenvalue weighted by Crippen LogP contribution is -2.13. The van der Waals surface area contributed by atoms with Gasteiger partial charge in [-0.1, -0.05) is 6.07 Å². The molecule has 2 N–H and O–H groups in total. The third-order valence-electron chi connectivity index (χ3n) is 3.02. The molecule has 2 rings (SSSR count). The average Bonchev–Trinajstić information content (AvgIpc) is 2.41. The summed E-state index contributed by atoms with van der Waals surface area (Å²) in [6, 6.07) is 7.42. The molecule has 0 bridgehead atoms. The van der Waals surface area contributed by atoms with Crippen LogP contribution in [-0.4, -0.2) is 17.2 Å². The minimum Gasteiger partial charge on any atom is -0.504 e. The van der Waals surface area contributed by atoms with Crippen LogP contribution in [0.1, 0.15) is 16.7 Å². The molecular weight excluding hydrogens is 240 g/mol. The number of aromatic hydroxyl groups is 1. The lowest BCUT2D eigenvalue weighted by Gasteiger charge is -2.09. The van der Waals surface area contributed by atoms with Gasteiger partial charge < -0.3 is 15.2 Å². The first-order valence-electron chi connectivity index (χ1n) is 6.17. The molecule has 0 aliphatic heterocycles. The lowest BCUT2D eigenvalue weighted by atomic mass is 10.1. The summed E-state index contributed by atoms with van der Waals surface area (Å²) in [6.07, 6.45) is 3.65. The highest BCUT2D eigenvalue weighted by molar-refractivity contribution is 5.41. The Labute approximate surface area is 113 Å². The number of hydrogen-bond donors (Lipinski definition) is 2. The molecule has 0 radical (unpaired) electrons. The number of ether oxygens (including phenoxy) is 1. The van der Waals surface area contributed by atoms with Gasteiger partial charge in [0.25, 0.3) is 0 Å². The van der Waals surface area contributed by atoms with E-state index in [2.05, 4.69) is 10.3 Å². The van der Waals surface area contributed by atoms with E-state index in [0.29, 0.717) is 12.3 Å². The Morgan fingerprint density at radius 1 is 1.26 bits per heavy atom. The Balaban J connectivity index is 1.93. The SMILES string of the molecule is COc1ccc(CNCc2ccncc2C)cc1O. The van der Waals surface area contributed by atoms with Crippen LogP contribution in [-0.2, 0) is 13.1 Å². The number of nitrogens with zero attached hydrogens (tertiary/aromatic N) is 1. The lowest BCUT2D eigenvalue weighted by molar-refractivity contribution is 0.373. The highest BCUT2D eigenvalue weighted by Crippen LogP contribution is 2.26. The summed E-state index contributed by atoms with van der Waals surface area (Å²) in [7, 11) is 1.54. The zero-order chi connectivity index (χ0) is 13.7. The number of pyridine rings is 1. The molecule has 1 aromatic carbocycles. The van der Waals surface area contributed by atoms with Gasteiger partial charge in [0.1, 0.15) is 0 Å². The van der Waals surface area contributed by atoms with Gasteiger partial charge in [-0.15, -0.1) is 0 Å². The molecule has 2 aromatic rings. The van der Waals surface area contributed by atoms with Gasteiger partial charge in [0.05, 0.1) is 7.11 Å². The van der Waals surface area contributed by atoms with Crippen LogP contribution in [0.25, 0.3) is 0 Å². The fourth-order valence-corrected chi connectivity index (χ4v) is 1.89. The van der Waals surface area contributed by atoms with Gasteiger partial charge in [-0.3, -0.25) is 4.98 Å². The van der Waals surface area contributed by atoms with E-state index in [1.54, 1.807) is 25.4 Å². The molecule has 4 nitrogen and oxygen atoms in total. The molecular formula is C15H18N2O2. The Bertz CT molecular complexity index is 556. The largest absolute Gasteiger partial charge is 0.504 e. The Hall–Kier alpha value is -2.07. The molecule has 0 unspecified atom stereocenters. The zero-order valence-electron chi connectivity index (χ0n) is 11.2. The van der Waals surface area contributed by atoms with E-state index in [4.69, 9.17) is 4.74 Å². The molecule has 0 aliphatic rings.